The van der Waals surface area contributed by atoms with Gasteiger partial charge in [0.1, 0.15) is 19.0 Å². The smallest absolute Gasteiger partial charge is 0.411 e. The average molecular weight is 347 g/mol. The number of amides is 1. The van der Waals surface area contributed by atoms with Gasteiger partial charge in [-0.3, -0.25) is 4.79 Å². The van der Waals surface area contributed by atoms with Crippen LogP contribution in [0.2, 0.25) is 0 Å². The lowest BCUT2D eigenvalue weighted by Gasteiger charge is -2.14. The molecule has 1 aliphatic heterocycles. The van der Waals surface area contributed by atoms with Crippen molar-refractivity contribution in [1.29, 1.82) is 0 Å². The number of carbonyl (C=O) groups is 1. The van der Waals surface area contributed by atoms with Crippen LogP contribution in [-0.2, 0) is 9.47 Å². The van der Waals surface area contributed by atoms with Crippen molar-refractivity contribution in [3.63, 3.8) is 0 Å². The molecule has 0 radical (unpaired) electrons. The van der Waals surface area contributed by atoms with Crippen molar-refractivity contribution in [2.75, 3.05) is 33.0 Å². The Bertz CT molecular complexity index is 530. The molecule has 1 heterocycles. The highest BCUT2D eigenvalue weighted by atomic mass is 19.4. The van der Waals surface area contributed by atoms with Gasteiger partial charge in [-0.1, -0.05) is 12.1 Å². The van der Waals surface area contributed by atoms with Gasteiger partial charge in [0.2, 0.25) is 0 Å². The van der Waals surface area contributed by atoms with E-state index in [-0.39, 0.29) is 19.3 Å². The zero-order chi connectivity index (χ0) is 17.4. The molecular formula is C16H20F3NO4. The Kier molecular flexibility index (Phi) is 6.86. The molecule has 24 heavy (non-hydrogen) atoms. The summed E-state index contributed by atoms with van der Waals surface area (Å²) in [4.78, 5) is 12.1. The molecule has 0 aliphatic carbocycles. The molecule has 2 rings (SSSR count). The van der Waals surface area contributed by atoms with Crippen molar-refractivity contribution in [3.05, 3.63) is 29.8 Å². The number of hydrogen-bond acceptors (Lipinski definition) is 4. The van der Waals surface area contributed by atoms with E-state index < -0.39 is 18.7 Å². The summed E-state index contributed by atoms with van der Waals surface area (Å²) in [5.41, 5.74) is 0.325. The van der Waals surface area contributed by atoms with Gasteiger partial charge < -0.3 is 19.5 Å². The van der Waals surface area contributed by atoms with Crippen LogP contribution in [0, 0.1) is 0 Å². The number of halogens is 3. The Labute approximate surface area is 138 Å². The minimum atomic E-state index is -4.37. The molecule has 0 bridgehead atoms. The van der Waals surface area contributed by atoms with E-state index in [1.54, 1.807) is 24.3 Å². The van der Waals surface area contributed by atoms with Crippen molar-refractivity contribution >= 4 is 5.91 Å². The van der Waals surface area contributed by atoms with Crippen LogP contribution in [0.25, 0.3) is 0 Å². The average Bonchev–Trinajstić information content (AvgIpc) is 3.05. The highest BCUT2D eigenvalue weighted by molar-refractivity contribution is 5.96. The number of nitrogens with one attached hydrogen (secondary N) is 1. The van der Waals surface area contributed by atoms with Crippen molar-refractivity contribution in [2.45, 2.75) is 25.1 Å². The minimum Gasteiger partial charge on any atom is -0.490 e. The summed E-state index contributed by atoms with van der Waals surface area (Å²) in [6, 6.07) is 6.70. The monoisotopic (exact) mass is 347 g/mol. The summed E-state index contributed by atoms with van der Waals surface area (Å²) in [6.45, 7) is -0.490. The van der Waals surface area contributed by atoms with Gasteiger partial charge in [0.25, 0.3) is 5.91 Å². The van der Waals surface area contributed by atoms with E-state index in [0.717, 1.165) is 12.8 Å². The number of rotatable bonds is 8. The lowest BCUT2D eigenvalue weighted by atomic mass is 10.2. The van der Waals surface area contributed by atoms with E-state index in [4.69, 9.17) is 9.47 Å². The van der Waals surface area contributed by atoms with E-state index in [1.165, 1.54) is 0 Å². The van der Waals surface area contributed by atoms with Gasteiger partial charge in [-0.2, -0.15) is 13.2 Å². The molecule has 0 spiro atoms. The molecule has 1 aliphatic rings. The first-order chi connectivity index (χ1) is 11.5. The van der Waals surface area contributed by atoms with Gasteiger partial charge in [-0.25, -0.2) is 0 Å². The van der Waals surface area contributed by atoms with Gasteiger partial charge in [0, 0.05) is 13.2 Å². The quantitative estimate of drug-likeness (QED) is 0.735. The maximum atomic E-state index is 12.1. The summed E-state index contributed by atoms with van der Waals surface area (Å²) in [5, 5.41) is 2.51. The molecule has 8 heteroatoms. The lowest BCUT2D eigenvalue weighted by Crippen LogP contribution is -2.29. The van der Waals surface area contributed by atoms with E-state index in [1.807, 2.05) is 0 Å². The molecule has 1 aromatic carbocycles. The SMILES string of the molecule is O=C(NCCOCC(F)(F)F)c1ccccc1OCC1CCCO1. The maximum absolute atomic E-state index is 12.1. The van der Waals surface area contributed by atoms with Crippen molar-refractivity contribution in [2.24, 2.45) is 0 Å². The number of para-hydroxylation sites is 1. The number of carbonyl (C=O) groups excluding carboxylic acids is 1. The molecule has 5 nitrogen and oxygen atoms in total. The van der Waals surface area contributed by atoms with E-state index in [2.05, 4.69) is 10.1 Å². The number of alkyl halides is 3. The Morgan fingerprint density at radius 3 is 2.83 bits per heavy atom. The summed E-state index contributed by atoms with van der Waals surface area (Å²) in [5.74, 6) is -0.00439. The third kappa shape index (κ3) is 6.37. The van der Waals surface area contributed by atoms with E-state index >= 15 is 0 Å². The number of hydrogen-bond donors (Lipinski definition) is 1. The molecule has 1 fully saturated rings. The molecule has 1 unspecified atom stereocenters. The second-order valence-corrected chi connectivity index (χ2v) is 5.37. The molecular weight excluding hydrogens is 327 g/mol. The molecule has 0 saturated carbocycles. The zero-order valence-corrected chi connectivity index (χ0v) is 13.1. The first-order valence-corrected chi connectivity index (χ1v) is 7.72. The predicted octanol–water partition coefficient (Wildman–Crippen LogP) is 2.55. The molecule has 1 atom stereocenters. The summed E-state index contributed by atoms with van der Waals surface area (Å²) < 4.78 is 51.4. The van der Waals surface area contributed by atoms with Crippen LogP contribution in [0.1, 0.15) is 23.2 Å². The maximum Gasteiger partial charge on any atom is 0.411 e. The molecule has 1 saturated heterocycles. The fourth-order valence-electron chi connectivity index (χ4n) is 2.26. The van der Waals surface area contributed by atoms with Crippen molar-refractivity contribution < 1.29 is 32.2 Å². The van der Waals surface area contributed by atoms with Gasteiger partial charge in [0.05, 0.1) is 18.3 Å². The topological polar surface area (TPSA) is 56.8 Å². The summed E-state index contributed by atoms with van der Waals surface area (Å²) >= 11 is 0. The molecule has 134 valence electrons. The van der Waals surface area contributed by atoms with Crippen LogP contribution in [-0.4, -0.2) is 51.2 Å². The Hall–Kier alpha value is -1.80. The van der Waals surface area contributed by atoms with Crippen LogP contribution in [0.3, 0.4) is 0 Å². The van der Waals surface area contributed by atoms with Crippen LogP contribution >= 0.6 is 0 Å². The van der Waals surface area contributed by atoms with Crippen LogP contribution < -0.4 is 10.1 Å². The lowest BCUT2D eigenvalue weighted by molar-refractivity contribution is -0.173. The Balaban J connectivity index is 1.78. The fourth-order valence-corrected chi connectivity index (χ4v) is 2.26. The predicted molar refractivity (Wildman–Crippen MR) is 80.1 cm³/mol. The molecule has 1 amide bonds. The second kappa shape index (κ2) is 8.89. The first kappa shape index (κ1) is 18.5. The minimum absolute atomic E-state index is 0.0189. The largest absolute Gasteiger partial charge is 0.490 e. The third-order valence-corrected chi connectivity index (χ3v) is 3.38. The molecule has 1 aromatic rings. The molecule has 0 aromatic heterocycles. The van der Waals surface area contributed by atoms with Crippen molar-refractivity contribution in [1.82, 2.24) is 5.32 Å². The Morgan fingerprint density at radius 1 is 1.33 bits per heavy atom. The fraction of sp³-hybridized carbons (Fsp3) is 0.562. The molecule has 1 N–H and O–H groups in total. The Morgan fingerprint density at radius 2 is 2.12 bits per heavy atom. The zero-order valence-electron chi connectivity index (χ0n) is 13.1. The highest BCUT2D eigenvalue weighted by Gasteiger charge is 2.27. The van der Waals surface area contributed by atoms with Gasteiger partial charge in [-0.05, 0) is 25.0 Å². The summed E-state index contributed by atoms with van der Waals surface area (Å²) in [7, 11) is 0. The van der Waals surface area contributed by atoms with E-state index in [0.29, 0.717) is 24.5 Å². The van der Waals surface area contributed by atoms with Gasteiger partial charge >= 0.3 is 6.18 Å². The third-order valence-electron chi connectivity index (χ3n) is 3.38. The van der Waals surface area contributed by atoms with Crippen LogP contribution in [0.15, 0.2) is 24.3 Å². The highest BCUT2D eigenvalue weighted by Crippen LogP contribution is 2.20. The van der Waals surface area contributed by atoms with Crippen LogP contribution in [0.4, 0.5) is 13.2 Å². The number of benzene rings is 1. The van der Waals surface area contributed by atoms with Gasteiger partial charge in [0.15, 0.2) is 0 Å². The normalized spacial score (nSPS) is 17.7. The summed E-state index contributed by atoms with van der Waals surface area (Å²) in [6.07, 6.45) is -2.43. The number of ether oxygens (including phenoxy) is 3. The standard InChI is InChI=1S/C16H20F3NO4/c17-16(18,19)11-22-9-7-20-15(21)13-5-1-2-6-14(13)24-10-12-4-3-8-23-12/h1-2,5-6,12H,3-4,7-11H2,(H,20,21). The van der Waals surface area contributed by atoms with Crippen LogP contribution in [0.5, 0.6) is 5.75 Å². The first-order valence-electron chi connectivity index (χ1n) is 7.72. The second-order valence-electron chi connectivity index (χ2n) is 5.37. The van der Waals surface area contributed by atoms with Gasteiger partial charge in [-0.15, -0.1) is 0 Å². The van der Waals surface area contributed by atoms with E-state index in [9.17, 15) is 18.0 Å². The van der Waals surface area contributed by atoms with Crippen molar-refractivity contribution in [3.8, 4) is 5.75 Å².